The van der Waals surface area contributed by atoms with Crippen LogP contribution in [0.25, 0.3) is 11.2 Å². The molecule has 2 aromatic heterocycles. The van der Waals surface area contributed by atoms with Crippen molar-refractivity contribution in [3.63, 3.8) is 0 Å². The van der Waals surface area contributed by atoms with E-state index in [-0.39, 0.29) is 17.8 Å². The van der Waals surface area contributed by atoms with Crippen LogP contribution >= 0.6 is 0 Å². The Labute approximate surface area is 149 Å². The summed E-state index contributed by atoms with van der Waals surface area (Å²) in [5, 5.41) is 29.7. The second-order valence-corrected chi connectivity index (χ2v) is 6.86. The summed E-state index contributed by atoms with van der Waals surface area (Å²) in [6, 6.07) is -1.21. The van der Waals surface area contributed by atoms with Crippen LogP contribution in [0.1, 0.15) is 38.1 Å². The third kappa shape index (κ3) is 3.48. The number of imidazole rings is 1. The Hall–Kier alpha value is -2.30. The summed E-state index contributed by atoms with van der Waals surface area (Å²) in [7, 11) is 0. The molecule has 0 unspecified atom stereocenters. The SMILES string of the molecule is Nc1ncnc2c1ncn2[C@@H]1C[C@H](CCCC[C@H](N)C(=O)O)[C@@H](O)[C@H]1O. The number of rotatable bonds is 7. The fourth-order valence-corrected chi connectivity index (χ4v) is 3.67. The molecule has 1 saturated carbocycles. The summed E-state index contributed by atoms with van der Waals surface area (Å²) in [6.45, 7) is 0. The van der Waals surface area contributed by atoms with Crippen LogP contribution in [0.4, 0.5) is 5.82 Å². The van der Waals surface area contributed by atoms with E-state index in [0.717, 1.165) is 6.42 Å². The van der Waals surface area contributed by atoms with Gasteiger partial charge >= 0.3 is 5.97 Å². The molecule has 142 valence electrons. The summed E-state index contributed by atoms with van der Waals surface area (Å²) < 4.78 is 1.74. The highest BCUT2D eigenvalue weighted by molar-refractivity contribution is 5.81. The smallest absolute Gasteiger partial charge is 0.320 e. The van der Waals surface area contributed by atoms with E-state index in [2.05, 4.69) is 15.0 Å². The Balaban J connectivity index is 1.64. The molecular formula is C16H24N6O4. The van der Waals surface area contributed by atoms with E-state index in [1.54, 1.807) is 10.9 Å². The number of unbranched alkanes of at least 4 members (excludes halogenated alkanes) is 1. The summed E-state index contributed by atoms with van der Waals surface area (Å²) in [6.07, 6.45) is 4.16. The minimum Gasteiger partial charge on any atom is -0.480 e. The van der Waals surface area contributed by atoms with Crippen LogP contribution in [-0.2, 0) is 4.79 Å². The average molecular weight is 364 g/mol. The molecule has 26 heavy (non-hydrogen) atoms. The molecule has 1 aliphatic carbocycles. The number of nitrogen functional groups attached to an aromatic ring is 1. The molecule has 7 N–H and O–H groups in total. The fraction of sp³-hybridized carbons (Fsp3) is 0.625. The predicted molar refractivity (Wildman–Crippen MR) is 93.0 cm³/mol. The number of nitrogens with two attached hydrogens (primary N) is 2. The molecule has 2 heterocycles. The molecule has 0 bridgehead atoms. The van der Waals surface area contributed by atoms with Gasteiger partial charge in [-0.2, -0.15) is 0 Å². The van der Waals surface area contributed by atoms with Crippen molar-refractivity contribution in [3.05, 3.63) is 12.7 Å². The summed E-state index contributed by atoms with van der Waals surface area (Å²) in [5.74, 6) is -0.824. The lowest BCUT2D eigenvalue weighted by Crippen LogP contribution is -2.30. The number of aliphatic carboxylic acids is 1. The second kappa shape index (κ2) is 7.52. The molecule has 5 atom stereocenters. The third-order valence-electron chi connectivity index (χ3n) is 5.17. The Bertz CT molecular complexity index is 781. The van der Waals surface area contributed by atoms with Crippen LogP contribution in [-0.4, -0.2) is 59.1 Å². The Morgan fingerprint density at radius 3 is 2.77 bits per heavy atom. The number of anilines is 1. The van der Waals surface area contributed by atoms with Gasteiger partial charge in [-0.3, -0.25) is 4.79 Å². The van der Waals surface area contributed by atoms with Crippen LogP contribution in [0.15, 0.2) is 12.7 Å². The fourth-order valence-electron chi connectivity index (χ4n) is 3.67. The van der Waals surface area contributed by atoms with Crippen LogP contribution < -0.4 is 11.5 Å². The molecule has 1 aliphatic rings. The summed E-state index contributed by atoms with van der Waals surface area (Å²) in [5.41, 5.74) is 12.3. The molecule has 0 amide bonds. The van der Waals surface area contributed by atoms with E-state index >= 15 is 0 Å². The van der Waals surface area contributed by atoms with Crippen molar-refractivity contribution >= 4 is 23.0 Å². The Kier molecular flexibility index (Phi) is 5.35. The molecule has 0 radical (unpaired) electrons. The molecule has 0 saturated heterocycles. The molecule has 0 aromatic carbocycles. The second-order valence-electron chi connectivity index (χ2n) is 6.86. The molecule has 0 spiro atoms. The van der Waals surface area contributed by atoms with Gasteiger partial charge in [-0.05, 0) is 25.2 Å². The van der Waals surface area contributed by atoms with E-state index in [9.17, 15) is 15.0 Å². The van der Waals surface area contributed by atoms with Gasteiger partial charge in [0.15, 0.2) is 11.5 Å². The molecule has 1 fully saturated rings. The minimum absolute atomic E-state index is 0.0901. The minimum atomic E-state index is -1.00. The lowest BCUT2D eigenvalue weighted by molar-refractivity contribution is -0.138. The van der Waals surface area contributed by atoms with E-state index in [0.29, 0.717) is 36.8 Å². The van der Waals surface area contributed by atoms with Gasteiger partial charge in [-0.15, -0.1) is 0 Å². The van der Waals surface area contributed by atoms with Crippen LogP contribution in [0.5, 0.6) is 0 Å². The maximum absolute atomic E-state index is 10.7. The predicted octanol–water partition coefficient (Wildman–Crippen LogP) is -0.336. The van der Waals surface area contributed by atoms with Gasteiger partial charge in [0.05, 0.1) is 18.5 Å². The molecule has 0 aliphatic heterocycles. The van der Waals surface area contributed by atoms with Gasteiger partial charge in [0.25, 0.3) is 0 Å². The number of carboxylic acids is 1. The van der Waals surface area contributed by atoms with Crippen LogP contribution in [0, 0.1) is 5.92 Å². The first kappa shape index (κ1) is 18.5. The van der Waals surface area contributed by atoms with Gasteiger partial charge in [-0.1, -0.05) is 12.8 Å². The number of aromatic nitrogens is 4. The number of carbonyl (C=O) groups is 1. The number of nitrogens with zero attached hydrogens (tertiary/aromatic N) is 4. The van der Waals surface area contributed by atoms with Gasteiger partial charge in [0, 0.05) is 0 Å². The number of hydrogen-bond acceptors (Lipinski definition) is 8. The van der Waals surface area contributed by atoms with E-state index in [1.165, 1.54) is 6.33 Å². The van der Waals surface area contributed by atoms with Crippen LogP contribution in [0.3, 0.4) is 0 Å². The monoisotopic (exact) mass is 364 g/mol. The average Bonchev–Trinajstić information content (AvgIpc) is 3.15. The lowest BCUT2D eigenvalue weighted by Gasteiger charge is -2.18. The van der Waals surface area contributed by atoms with E-state index < -0.39 is 24.2 Å². The molecule has 10 nitrogen and oxygen atoms in total. The van der Waals surface area contributed by atoms with Crippen molar-refractivity contribution in [2.75, 3.05) is 5.73 Å². The first-order valence-electron chi connectivity index (χ1n) is 8.67. The first-order valence-corrected chi connectivity index (χ1v) is 8.67. The zero-order valence-electron chi connectivity index (χ0n) is 14.3. The largest absolute Gasteiger partial charge is 0.480 e. The number of aliphatic hydroxyl groups is 2. The molecule has 3 rings (SSSR count). The highest BCUT2D eigenvalue weighted by atomic mass is 16.4. The van der Waals surface area contributed by atoms with Crippen molar-refractivity contribution in [2.24, 2.45) is 11.7 Å². The van der Waals surface area contributed by atoms with Crippen molar-refractivity contribution < 1.29 is 20.1 Å². The molecular weight excluding hydrogens is 340 g/mol. The third-order valence-corrected chi connectivity index (χ3v) is 5.17. The highest BCUT2D eigenvalue weighted by Crippen LogP contribution is 2.39. The quantitative estimate of drug-likeness (QED) is 0.412. The van der Waals surface area contributed by atoms with Gasteiger partial charge in [-0.25, -0.2) is 15.0 Å². The van der Waals surface area contributed by atoms with Crippen molar-refractivity contribution in [1.82, 2.24) is 19.5 Å². The van der Waals surface area contributed by atoms with Crippen molar-refractivity contribution in [3.8, 4) is 0 Å². The standard InChI is InChI=1S/C16H24N6O4/c17-9(16(25)26)4-2-1-3-8-5-10(13(24)12(8)23)22-7-21-11-14(18)19-6-20-15(11)22/h6-10,12-13,23-24H,1-5,17H2,(H,25,26)(H2,18,19,20)/t8-,9-,10+,12+,13-/m0/s1. The zero-order chi connectivity index (χ0) is 18.8. The Morgan fingerprint density at radius 1 is 1.27 bits per heavy atom. The normalized spacial score (nSPS) is 27.0. The summed E-state index contributed by atoms with van der Waals surface area (Å²) in [4.78, 5) is 23.0. The van der Waals surface area contributed by atoms with Gasteiger partial charge in [0.2, 0.25) is 0 Å². The van der Waals surface area contributed by atoms with E-state index in [4.69, 9.17) is 16.6 Å². The maximum Gasteiger partial charge on any atom is 0.320 e. The number of carboxylic acid groups (broad SMARTS) is 1. The molecule has 10 heteroatoms. The highest BCUT2D eigenvalue weighted by Gasteiger charge is 2.42. The van der Waals surface area contributed by atoms with E-state index in [1.807, 2.05) is 0 Å². The maximum atomic E-state index is 10.7. The van der Waals surface area contributed by atoms with Gasteiger partial charge in [0.1, 0.15) is 24.0 Å². The number of hydrogen-bond donors (Lipinski definition) is 5. The summed E-state index contributed by atoms with van der Waals surface area (Å²) >= 11 is 0. The van der Waals surface area contributed by atoms with Gasteiger partial charge < -0.3 is 31.4 Å². The zero-order valence-corrected chi connectivity index (χ0v) is 14.3. The first-order chi connectivity index (χ1) is 12.4. The topological polar surface area (TPSA) is 173 Å². The van der Waals surface area contributed by atoms with Crippen molar-refractivity contribution in [1.29, 1.82) is 0 Å². The Morgan fingerprint density at radius 2 is 2.04 bits per heavy atom. The lowest BCUT2D eigenvalue weighted by atomic mass is 9.96. The number of fused-ring (bicyclic) bond motifs is 1. The van der Waals surface area contributed by atoms with Crippen LogP contribution in [0.2, 0.25) is 0 Å². The van der Waals surface area contributed by atoms with Crippen molar-refractivity contribution in [2.45, 2.75) is 56.4 Å². The molecule has 2 aromatic rings. The number of aliphatic hydroxyl groups excluding tert-OH is 2.